The van der Waals surface area contributed by atoms with Crippen molar-refractivity contribution in [1.82, 2.24) is 0 Å². The molecule has 1 aromatic carbocycles. The molecule has 0 heterocycles. The smallest absolute Gasteiger partial charge is 0.325 e. The fourth-order valence-corrected chi connectivity index (χ4v) is 2.66. The lowest BCUT2D eigenvalue weighted by atomic mass is 10.0. The maximum absolute atomic E-state index is 12.5. The maximum atomic E-state index is 12.5. The molecule has 0 bridgehead atoms. The van der Waals surface area contributed by atoms with Crippen LogP contribution in [0.1, 0.15) is 45.1 Å². The molecule has 0 aliphatic rings. The Bertz CT molecular complexity index is 740. The number of aryl methyl sites for hydroxylation is 1. The van der Waals surface area contributed by atoms with Gasteiger partial charge in [-0.1, -0.05) is 32.8 Å². The number of ether oxygens (including phenoxy) is 4. The van der Waals surface area contributed by atoms with Crippen LogP contribution in [0.25, 0.3) is 0 Å². The topological polar surface area (TPSA) is 105 Å². The molecule has 8 heteroatoms. The molecule has 1 aromatic rings. The van der Waals surface area contributed by atoms with Crippen molar-refractivity contribution in [3.8, 4) is 11.5 Å². The average molecular weight is 408 g/mol. The molecule has 160 valence electrons. The number of hydrogen-bond acceptors (Lipinski definition) is 8. The van der Waals surface area contributed by atoms with Gasteiger partial charge < -0.3 is 18.9 Å². The molecule has 8 nitrogen and oxygen atoms in total. The van der Waals surface area contributed by atoms with Gasteiger partial charge in [0, 0.05) is 0 Å². The van der Waals surface area contributed by atoms with E-state index >= 15 is 0 Å². The third kappa shape index (κ3) is 6.89. The van der Waals surface area contributed by atoms with Gasteiger partial charge in [-0.05, 0) is 37.5 Å². The van der Waals surface area contributed by atoms with Crippen LogP contribution in [0.4, 0.5) is 0 Å². The summed E-state index contributed by atoms with van der Waals surface area (Å²) >= 11 is 0. The number of carbonyl (C=O) groups is 4. The van der Waals surface area contributed by atoms with Crippen LogP contribution in [0.15, 0.2) is 18.2 Å². The minimum atomic E-state index is -1.09. The lowest BCUT2D eigenvalue weighted by Gasteiger charge is -2.17. The molecule has 0 aliphatic carbocycles. The second-order valence-electron chi connectivity index (χ2n) is 6.52. The number of hydrogen-bond donors (Lipinski definition) is 0. The van der Waals surface area contributed by atoms with Gasteiger partial charge in [-0.15, -0.1) is 0 Å². The summed E-state index contributed by atoms with van der Waals surface area (Å²) in [6.45, 7) is 5.41. The van der Waals surface area contributed by atoms with Gasteiger partial charge in [-0.25, -0.2) is 0 Å². The second-order valence-corrected chi connectivity index (χ2v) is 6.52. The van der Waals surface area contributed by atoms with E-state index in [0.29, 0.717) is 12.8 Å². The molecule has 0 fully saturated rings. The Morgan fingerprint density at radius 2 is 1.21 bits per heavy atom. The quantitative estimate of drug-likeness (QED) is 0.330. The van der Waals surface area contributed by atoms with Crippen LogP contribution in [-0.4, -0.2) is 38.1 Å². The Morgan fingerprint density at radius 3 is 1.62 bits per heavy atom. The van der Waals surface area contributed by atoms with Crippen molar-refractivity contribution in [3.63, 3.8) is 0 Å². The summed E-state index contributed by atoms with van der Waals surface area (Å²) in [6.07, 6.45) is 1.66. The minimum Gasteiger partial charge on any atom is -0.468 e. The highest BCUT2D eigenvalue weighted by Gasteiger charge is 2.32. The first-order valence-corrected chi connectivity index (χ1v) is 9.48. The van der Waals surface area contributed by atoms with E-state index in [4.69, 9.17) is 9.47 Å². The van der Waals surface area contributed by atoms with Crippen LogP contribution >= 0.6 is 0 Å². The summed E-state index contributed by atoms with van der Waals surface area (Å²) in [4.78, 5) is 48.7. The summed E-state index contributed by atoms with van der Waals surface area (Å²) < 4.78 is 20.0. The average Bonchev–Trinajstić information content (AvgIpc) is 2.70. The molecular formula is C21H28O8. The fourth-order valence-electron chi connectivity index (χ4n) is 2.66. The highest BCUT2D eigenvalue weighted by Crippen LogP contribution is 2.30. The third-order valence-corrected chi connectivity index (χ3v) is 4.22. The Hall–Kier alpha value is -2.90. The van der Waals surface area contributed by atoms with E-state index in [0.717, 1.165) is 5.56 Å². The summed E-state index contributed by atoms with van der Waals surface area (Å²) in [5, 5.41) is 0. The zero-order valence-corrected chi connectivity index (χ0v) is 17.5. The molecule has 29 heavy (non-hydrogen) atoms. The minimum absolute atomic E-state index is 0.0199. The van der Waals surface area contributed by atoms with Crippen LogP contribution in [0.3, 0.4) is 0 Å². The fraction of sp³-hybridized carbons (Fsp3) is 0.524. The summed E-state index contributed by atoms with van der Waals surface area (Å²) in [6, 6.07) is 4.63. The highest BCUT2D eigenvalue weighted by molar-refractivity contribution is 5.97. The van der Waals surface area contributed by atoms with Crippen molar-refractivity contribution >= 4 is 23.9 Å². The van der Waals surface area contributed by atoms with Crippen LogP contribution in [-0.2, 0) is 28.7 Å². The van der Waals surface area contributed by atoms with Crippen LogP contribution in [0.5, 0.6) is 11.5 Å². The number of methoxy groups -OCH3 is 2. The Balaban J connectivity index is 3.10. The van der Waals surface area contributed by atoms with Gasteiger partial charge in [0.15, 0.2) is 23.3 Å². The molecule has 0 spiro atoms. The summed E-state index contributed by atoms with van der Waals surface area (Å²) in [7, 11) is 2.39. The summed E-state index contributed by atoms with van der Waals surface area (Å²) in [5.41, 5.74) is 0.746. The second kappa shape index (κ2) is 11.8. The van der Waals surface area contributed by atoms with E-state index in [1.807, 2.05) is 13.8 Å². The molecular weight excluding hydrogens is 380 g/mol. The maximum Gasteiger partial charge on any atom is 0.325 e. The monoisotopic (exact) mass is 408 g/mol. The third-order valence-electron chi connectivity index (χ3n) is 4.22. The van der Waals surface area contributed by atoms with Gasteiger partial charge in [0.1, 0.15) is 0 Å². The van der Waals surface area contributed by atoms with Gasteiger partial charge in [-0.3, -0.25) is 19.2 Å². The molecule has 0 aromatic heterocycles. The van der Waals surface area contributed by atoms with Gasteiger partial charge in [0.25, 0.3) is 0 Å². The Labute approximate surface area is 170 Å². The zero-order valence-electron chi connectivity index (χ0n) is 17.5. The van der Waals surface area contributed by atoms with E-state index < -0.39 is 35.7 Å². The summed E-state index contributed by atoms with van der Waals surface area (Å²) in [5.74, 6) is -5.23. The van der Waals surface area contributed by atoms with Crippen molar-refractivity contribution < 1.29 is 38.1 Å². The Kier molecular flexibility index (Phi) is 9.85. The van der Waals surface area contributed by atoms with Crippen molar-refractivity contribution in [2.24, 2.45) is 11.8 Å². The number of benzene rings is 1. The molecule has 0 aliphatic heterocycles. The predicted molar refractivity (Wildman–Crippen MR) is 103 cm³/mol. The van der Waals surface area contributed by atoms with Crippen molar-refractivity contribution in [2.75, 3.05) is 14.2 Å². The lowest BCUT2D eigenvalue weighted by molar-refractivity contribution is -0.158. The Morgan fingerprint density at radius 1 is 0.759 bits per heavy atom. The van der Waals surface area contributed by atoms with E-state index in [2.05, 4.69) is 9.47 Å². The van der Waals surface area contributed by atoms with Gasteiger partial charge in [0.05, 0.1) is 14.2 Å². The number of esters is 4. The molecule has 2 unspecified atom stereocenters. The standard InChI is InChI=1S/C21H28O8/c1-6-8-14(18(22)26-4)20(24)28-16-11-10-13(3)12-17(16)29-21(25)15(9-7-2)19(23)27-5/h10-12,14-15H,6-9H2,1-5H3. The largest absolute Gasteiger partial charge is 0.468 e. The molecule has 0 amide bonds. The van der Waals surface area contributed by atoms with E-state index in [9.17, 15) is 19.2 Å². The lowest BCUT2D eigenvalue weighted by Crippen LogP contribution is -2.30. The van der Waals surface area contributed by atoms with Gasteiger partial charge >= 0.3 is 23.9 Å². The molecule has 0 radical (unpaired) electrons. The zero-order chi connectivity index (χ0) is 22.0. The molecule has 0 saturated carbocycles. The first kappa shape index (κ1) is 24.1. The van der Waals surface area contributed by atoms with Crippen LogP contribution in [0.2, 0.25) is 0 Å². The van der Waals surface area contributed by atoms with Crippen LogP contribution < -0.4 is 9.47 Å². The number of rotatable bonds is 10. The molecule has 2 atom stereocenters. The molecule has 0 N–H and O–H groups in total. The van der Waals surface area contributed by atoms with Crippen molar-refractivity contribution in [2.45, 2.75) is 46.5 Å². The van der Waals surface area contributed by atoms with Gasteiger partial charge in [0.2, 0.25) is 0 Å². The first-order chi connectivity index (χ1) is 13.8. The van der Waals surface area contributed by atoms with E-state index in [1.165, 1.54) is 26.4 Å². The molecule has 0 saturated heterocycles. The van der Waals surface area contributed by atoms with Crippen molar-refractivity contribution in [1.29, 1.82) is 0 Å². The number of carbonyl (C=O) groups excluding carboxylic acids is 4. The predicted octanol–water partition coefficient (Wildman–Crippen LogP) is 2.98. The highest BCUT2D eigenvalue weighted by atomic mass is 16.6. The van der Waals surface area contributed by atoms with E-state index in [-0.39, 0.29) is 24.3 Å². The van der Waals surface area contributed by atoms with Crippen molar-refractivity contribution in [3.05, 3.63) is 23.8 Å². The van der Waals surface area contributed by atoms with E-state index in [1.54, 1.807) is 13.0 Å². The molecule has 1 rings (SSSR count). The van der Waals surface area contributed by atoms with Gasteiger partial charge in [-0.2, -0.15) is 0 Å². The normalized spacial score (nSPS) is 12.4. The first-order valence-electron chi connectivity index (χ1n) is 9.48. The SMILES string of the molecule is CCCC(C(=O)OC)C(=O)Oc1ccc(C)cc1OC(=O)C(CCC)C(=O)OC. The van der Waals surface area contributed by atoms with Crippen LogP contribution in [0, 0.1) is 18.8 Å².